The molecule has 1 N–H and O–H groups in total. The number of benzene rings is 2. The highest BCUT2D eigenvalue weighted by atomic mass is 35.5. The van der Waals surface area contributed by atoms with Crippen LogP contribution >= 0.6 is 11.6 Å². The van der Waals surface area contributed by atoms with E-state index >= 15 is 0 Å². The van der Waals surface area contributed by atoms with E-state index in [4.69, 9.17) is 21.1 Å². The molecule has 2 aromatic carbocycles. The van der Waals surface area contributed by atoms with Gasteiger partial charge in [-0.15, -0.1) is 0 Å². The number of hydrogen-bond donors (Lipinski definition) is 1. The van der Waals surface area contributed by atoms with Gasteiger partial charge in [0.05, 0.1) is 22.8 Å². The van der Waals surface area contributed by atoms with E-state index < -0.39 is 17.5 Å². The van der Waals surface area contributed by atoms with Crippen LogP contribution in [0.3, 0.4) is 0 Å². The van der Waals surface area contributed by atoms with Crippen LogP contribution in [0.2, 0.25) is 5.02 Å². The minimum absolute atomic E-state index is 0.135. The first-order valence-electron chi connectivity index (χ1n) is 9.19. The summed E-state index contributed by atoms with van der Waals surface area (Å²) in [5.41, 5.74) is -0.126. The predicted octanol–water partition coefficient (Wildman–Crippen LogP) is 5.60. The van der Waals surface area contributed by atoms with Crippen LogP contribution in [0.5, 0.6) is 11.5 Å². The fraction of sp³-hybridized carbons (Fsp3) is 0.286. The topological polar surface area (TPSA) is 84.8 Å². The normalized spacial score (nSPS) is 11.4. The molecule has 0 spiro atoms. The molecule has 0 saturated carbocycles. The summed E-state index contributed by atoms with van der Waals surface area (Å²) in [6, 6.07) is 6.77. The van der Waals surface area contributed by atoms with E-state index in [-0.39, 0.29) is 28.0 Å². The maximum absolute atomic E-state index is 13.7. The summed E-state index contributed by atoms with van der Waals surface area (Å²) >= 11 is 5.94. The second kappa shape index (κ2) is 8.31. The monoisotopic (exact) mass is 433 g/mol. The fourth-order valence-electron chi connectivity index (χ4n) is 2.75. The van der Waals surface area contributed by atoms with Gasteiger partial charge in [-0.3, -0.25) is 0 Å². The van der Waals surface area contributed by atoms with E-state index in [0.29, 0.717) is 17.5 Å². The van der Waals surface area contributed by atoms with Gasteiger partial charge in [0.2, 0.25) is 0 Å². The van der Waals surface area contributed by atoms with Crippen molar-refractivity contribution in [1.82, 2.24) is 9.97 Å². The molecule has 158 valence electrons. The first-order chi connectivity index (χ1) is 14.1. The Balaban J connectivity index is 2.22. The van der Waals surface area contributed by atoms with Crippen LogP contribution in [0, 0.1) is 5.82 Å². The van der Waals surface area contributed by atoms with Crippen molar-refractivity contribution in [3.05, 3.63) is 47.5 Å². The zero-order chi connectivity index (χ0) is 22.1. The number of anilines is 2. The maximum atomic E-state index is 13.7. The van der Waals surface area contributed by atoms with Crippen molar-refractivity contribution in [3.8, 4) is 11.5 Å². The van der Waals surface area contributed by atoms with Crippen molar-refractivity contribution < 1.29 is 23.8 Å². The highest BCUT2D eigenvalue weighted by Crippen LogP contribution is 2.37. The van der Waals surface area contributed by atoms with Crippen molar-refractivity contribution in [2.75, 3.05) is 11.5 Å². The minimum atomic E-state index is -0.799. The Kier molecular flexibility index (Phi) is 5.98. The number of aromatic nitrogens is 2. The third kappa shape index (κ3) is 4.54. The Labute approximate surface area is 178 Å². The van der Waals surface area contributed by atoms with Crippen molar-refractivity contribution in [2.45, 2.75) is 33.3 Å². The molecule has 3 rings (SSSR count). The van der Waals surface area contributed by atoms with Gasteiger partial charge in [0.25, 0.3) is 0 Å². The zero-order valence-corrected chi connectivity index (χ0v) is 17.7. The smallest absolute Gasteiger partial charge is 0.420 e. The van der Waals surface area contributed by atoms with Gasteiger partial charge in [0.15, 0.2) is 17.3 Å². The number of rotatable bonds is 4. The van der Waals surface area contributed by atoms with Crippen LogP contribution in [0.15, 0.2) is 36.7 Å². The summed E-state index contributed by atoms with van der Waals surface area (Å²) in [7, 11) is 0. The van der Waals surface area contributed by atoms with Crippen LogP contribution in [-0.4, -0.2) is 33.4 Å². The molecule has 1 aromatic heterocycles. The number of phenolic OH excluding ortho intramolecular Hbond substituents is 1. The van der Waals surface area contributed by atoms with Gasteiger partial charge in [-0.25, -0.2) is 24.1 Å². The molecule has 1 amide bonds. The average Bonchev–Trinajstić information content (AvgIpc) is 2.64. The van der Waals surface area contributed by atoms with Crippen molar-refractivity contribution in [2.24, 2.45) is 0 Å². The Morgan fingerprint density at radius 1 is 1.23 bits per heavy atom. The Morgan fingerprint density at radius 3 is 2.60 bits per heavy atom. The van der Waals surface area contributed by atoms with E-state index in [1.54, 1.807) is 33.8 Å². The number of carbonyl (C=O) groups excluding carboxylic acids is 1. The molecule has 0 saturated heterocycles. The standard InChI is InChI=1S/C21H21ClFN3O4/c1-5-29-18-10-16-13(9-17(18)27)19(25-11-24-16)26(20(28)30-21(2,3)4)12-6-7-15(23)14(22)8-12/h6-11,27H,5H2,1-4H3. The number of phenols is 1. The van der Waals surface area contributed by atoms with E-state index in [0.717, 1.165) is 11.0 Å². The van der Waals surface area contributed by atoms with Gasteiger partial charge >= 0.3 is 6.09 Å². The zero-order valence-electron chi connectivity index (χ0n) is 16.9. The number of ether oxygens (including phenoxy) is 2. The number of amides is 1. The number of nitrogens with zero attached hydrogens (tertiary/aromatic N) is 3. The van der Waals surface area contributed by atoms with Crippen molar-refractivity contribution in [1.29, 1.82) is 0 Å². The lowest BCUT2D eigenvalue weighted by molar-refractivity contribution is 0.0598. The third-order valence-corrected chi connectivity index (χ3v) is 4.23. The van der Waals surface area contributed by atoms with Gasteiger partial charge in [-0.2, -0.15) is 0 Å². The molecule has 0 atom stereocenters. The molecule has 0 aliphatic heterocycles. The second-order valence-electron chi connectivity index (χ2n) is 7.38. The maximum Gasteiger partial charge on any atom is 0.420 e. The number of hydrogen-bond acceptors (Lipinski definition) is 6. The fourth-order valence-corrected chi connectivity index (χ4v) is 2.93. The third-order valence-electron chi connectivity index (χ3n) is 3.94. The van der Waals surface area contributed by atoms with E-state index in [1.807, 2.05) is 0 Å². The van der Waals surface area contributed by atoms with Gasteiger partial charge in [0.1, 0.15) is 17.7 Å². The van der Waals surface area contributed by atoms with Crippen LogP contribution in [0.4, 0.5) is 20.7 Å². The number of aromatic hydroxyl groups is 1. The molecule has 0 radical (unpaired) electrons. The van der Waals surface area contributed by atoms with Gasteiger partial charge in [0, 0.05) is 11.5 Å². The Hall–Kier alpha value is -3.13. The summed E-state index contributed by atoms with van der Waals surface area (Å²) in [5.74, 6) is -0.378. The molecular formula is C21H21ClFN3O4. The first-order valence-corrected chi connectivity index (χ1v) is 9.57. The lowest BCUT2D eigenvalue weighted by Gasteiger charge is -2.27. The molecule has 7 nitrogen and oxygen atoms in total. The van der Waals surface area contributed by atoms with Crippen molar-refractivity contribution in [3.63, 3.8) is 0 Å². The molecule has 3 aromatic rings. The summed E-state index contributed by atoms with van der Waals surface area (Å²) in [6.07, 6.45) is 0.519. The molecule has 9 heteroatoms. The van der Waals surface area contributed by atoms with E-state index in [1.165, 1.54) is 24.5 Å². The number of halogens is 2. The highest BCUT2D eigenvalue weighted by molar-refractivity contribution is 6.31. The minimum Gasteiger partial charge on any atom is -0.504 e. The number of fused-ring (bicyclic) bond motifs is 1. The quantitative estimate of drug-likeness (QED) is 0.576. The summed E-state index contributed by atoms with van der Waals surface area (Å²) in [6.45, 7) is 7.31. The van der Waals surface area contributed by atoms with E-state index in [2.05, 4.69) is 9.97 Å². The van der Waals surface area contributed by atoms with Crippen LogP contribution in [0.25, 0.3) is 10.9 Å². The largest absolute Gasteiger partial charge is 0.504 e. The van der Waals surface area contributed by atoms with Gasteiger partial charge in [-0.05, 0) is 52.0 Å². The lowest BCUT2D eigenvalue weighted by Crippen LogP contribution is -2.34. The van der Waals surface area contributed by atoms with Crippen LogP contribution in [0.1, 0.15) is 27.7 Å². The second-order valence-corrected chi connectivity index (χ2v) is 7.79. The molecule has 1 heterocycles. The molecule has 0 aliphatic rings. The molecule has 0 fully saturated rings. The van der Waals surface area contributed by atoms with Gasteiger partial charge < -0.3 is 14.6 Å². The highest BCUT2D eigenvalue weighted by Gasteiger charge is 2.28. The Morgan fingerprint density at radius 2 is 1.97 bits per heavy atom. The SMILES string of the molecule is CCOc1cc2ncnc(N(C(=O)OC(C)(C)C)c3ccc(F)c(Cl)c3)c2cc1O. The van der Waals surface area contributed by atoms with Gasteiger partial charge in [-0.1, -0.05) is 11.6 Å². The molecule has 0 bridgehead atoms. The first kappa shape index (κ1) is 21.6. The molecule has 0 aliphatic carbocycles. The van der Waals surface area contributed by atoms with E-state index in [9.17, 15) is 14.3 Å². The number of carbonyl (C=O) groups is 1. The summed E-state index contributed by atoms with van der Waals surface area (Å²) in [4.78, 5) is 22.7. The molecule has 30 heavy (non-hydrogen) atoms. The van der Waals surface area contributed by atoms with Crippen molar-refractivity contribution >= 4 is 40.1 Å². The summed E-state index contributed by atoms with van der Waals surface area (Å²) in [5, 5.41) is 10.5. The molecule has 0 unspecified atom stereocenters. The summed E-state index contributed by atoms with van der Waals surface area (Å²) < 4.78 is 24.6. The predicted molar refractivity (Wildman–Crippen MR) is 112 cm³/mol. The average molecular weight is 434 g/mol. The molecular weight excluding hydrogens is 413 g/mol. The Bertz CT molecular complexity index is 1100. The van der Waals surface area contributed by atoms with Crippen LogP contribution < -0.4 is 9.64 Å². The lowest BCUT2D eigenvalue weighted by atomic mass is 10.2. The van der Waals surface area contributed by atoms with Crippen LogP contribution in [-0.2, 0) is 4.74 Å².